The van der Waals surface area contributed by atoms with Crippen molar-refractivity contribution in [1.29, 1.82) is 0 Å². The minimum absolute atomic E-state index is 0.151. The van der Waals surface area contributed by atoms with E-state index in [-0.39, 0.29) is 16.7 Å². The number of thiazole rings is 1. The number of hydrogen-bond acceptors (Lipinski definition) is 6. The van der Waals surface area contributed by atoms with Crippen LogP contribution in [-0.2, 0) is 14.6 Å². The van der Waals surface area contributed by atoms with Crippen LogP contribution in [-0.4, -0.2) is 41.0 Å². The third-order valence-corrected chi connectivity index (χ3v) is 6.08. The second-order valence-corrected chi connectivity index (χ2v) is 8.79. The number of carbonyl (C=O) groups is 1. The zero-order chi connectivity index (χ0) is 18.9. The van der Waals surface area contributed by atoms with Gasteiger partial charge in [0, 0.05) is 18.6 Å². The summed E-state index contributed by atoms with van der Waals surface area (Å²) in [6.45, 7) is 1.82. The minimum atomic E-state index is -3.42. The molecule has 0 bridgehead atoms. The maximum absolute atomic E-state index is 12.1. The van der Waals surface area contributed by atoms with Gasteiger partial charge in [0.1, 0.15) is 5.88 Å². The number of nitrogens with one attached hydrogen (secondary N) is 1. The van der Waals surface area contributed by atoms with E-state index in [9.17, 15) is 13.2 Å². The van der Waals surface area contributed by atoms with E-state index in [4.69, 9.17) is 11.6 Å². The molecule has 2 heterocycles. The van der Waals surface area contributed by atoms with Crippen LogP contribution in [0.4, 0.5) is 5.13 Å². The number of anilines is 1. The van der Waals surface area contributed by atoms with Gasteiger partial charge in [-0.3, -0.25) is 4.79 Å². The number of imidazole rings is 1. The quantitative estimate of drug-likeness (QED) is 0.652. The van der Waals surface area contributed by atoms with Crippen molar-refractivity contribution >= 4 is 43.8 Å². The molecule has 10 heteroatoms. The van der Waals surface area contributed by atoms with Crippen LogP contribution in [0.2, 0.25) is 0 Å². The summed E-state index contributed by atoms with van der Waals surface area (Å²) in [6.07, 6.45) is 5.97. The molecule has 3 rings (SSSR count). The molecule has 3 aromatic rings. The summed E-state index contributed by atoms with van der Waals surface area (Å²) in [4.78, 5) is 20.8. The summed E-state index contributed by atoms with van der Waals surface area (Å²) in [5, 5.41) is 3.07. The van der Waals surface area contributed by atoms with Crippen molar-refractivity contribution in [3.8, 4) is 16.1 Å². The number of hydrogen-bond donors (Lipinski definition) is 1. The molecule has 26 heavy (non-hydrogen) atoms. The van der Waals surface area contributed by atoms with Gasteiger partial charge >= 0.3 is 0 Å². The van der Waals surface area contributed by atoms with Gasteiger partial charge in [-0.15, -0.1) is 11.6 Å². The van der Waals surface area contributed by atoms with E-state index in [2.05, 4.69) is 15.3 Å². The van der Waals surface area contributed by atoms with Gasteiger partial charge in [-0.2, -0.15) is 0 Å². The molecule has 7 nitrogen and oxygen atoms in total. The fourth-order valence-electron chi connectivity index (χ4n) is 2.45. The molecule has 1 N–H and O–H groups in total. The Hall–Kier alpha value is -2.23. The first-order chi connectivity index (χ1) is 12.3. The van der Waals surface area contributed by atoms with Crippen molar-refractivity contribution in [2.75, 3.05) is 17.5 Å². The second-order valence-electron chi connectivity index (χ2n) is 5.54. The molecule has 0 saturated heterocycles. The Kier molecular flexibility index (Phi) is 5.12. The molecular formula is C16H15ClN4O3S2. The first kappa shape index (κ1) is 18.6. The second kappa shape index (κ2) is 7.18. The van der Waals surface area contributed by atoms with E-state index in [0.717, 1.165) is 16.1 Å². The molecule has 0 unspecified atom stereocenters. The van der Waals surface area contributed by atoms with Crippen LogP contribution in [0, 0.1) is 6.92 Å². The van der Waals surface area contributed by atoms with Crippen LogP contribution in [0.3, 0.4) is 0 Å². The molecule has 0 saturated carbocycles. The lowest BCUT2D eigenvalue weighted by Gasteiger charge is -2.11. The van der Waals surface area contributed by atoms with Crippen molar-refractivity contribution in [1.82, 2.24) is 14.5 Å². The first-order valence-corrected chi connectivity index (χ1v) is 10.7. The normalized spacial score (nSPS) is 11.5. The van der Waals surface area contributed by atoms with E-state index >= 15 is 0 Å². The molecule has 0 radical (unpaired) electrons. The minimum Gasteiger partial charge on any atom is -0.305 e. The lowest BCUT2D eigenvalue weighted by Crippen LogP contribution is -2.12. The Morgan fingerprint density at radius 1 is 1.38 bits per heavy atom. The third kappa shape index (κ3) is 3.79. The summed E-state index contributed by atoms with van der Waals surface area (Å²) >= 11 is 6.80. The summed E-state index contributed by atoms with van der Waals surface area (Å²) in [7, 11) is -3.42. The van der Waals surface area contributed by atoms with Gasteiger partial charge in [0.25, 0.3) is 0 Å². The lowest BCUT2D eigenvalue weighted by atomic mass is 10.1. The van der Waals surface area contributed by atoms with E-state index in [1.807, 2.05) is 6.92 Å². The van der Waals surface area contributed by atoms with Gasteiger partial charge in [-0.1, -0.05) is 17.4 Å². The Bertz CT molecular complexity index is 1060. The zero-order valence-corrected chi connectivity index (χ0v) is 16.3. The maximum atomic E-state index is 12.1. The van der Waals surface area contributed by atoms with Crippen molar-refractivity contribution in [2.24, 2.45) is 0 Å². The number of amides is 1. The molecule has 0 atom stereocenters. The number of aryl methyl sites for hydroxylation is 1. The van der Waals surface area contributed by atoms with Gasteiger partial charge in [0.15, 0.2) is 15.0 Å². The average Bonchev–Trinajstić information content (AvgIpc) is 3.23. The van der Waals surface area contributed by atoms with Gasteiger partial charge < -0.3 is 9.88 Å². The summed E-state index contributed by atoms with van der Waals surface area (Å²) in [5.74, 6) is -0.486. The standard InChI is InChI=1S/C16H15ClN4O3S2/c1-10-15(25-16(19-10)20-14(22)8-17)11-3-4-13(26(2,23)24)12(7-11)21-6-5-18-9-21/h3-7,9H,8H2,1-2H3,(H,19,20,22). The fraction of sp³-hybridized carbons (Fsp3) is 0.188. The average molecular weight is 411 g/mol. The summed E-state index contributed by atoms with van der Waals surface area (Å²) in [5.41, 5.74) is 2.02. The molecule has 0 fully saturated rings. The summed E-state index contributed by atoms with van der Waals surface area (Å²) in [6, 6.07) is 5.06. The summed E-state index contributed by atoms with van der Waals surface area (Å²) < 4.78 is 25.9. The van der Waals surface area contributed by atoms with Crippen molar-refractivity contribution in [2.45, 2.75) is 11.8 Å². The van der Waals surface area contributed by atoms with Crippen LogP contribution in [0.25, 0.3) is 16.1 Å². The van der Waals surface area contributed by atoms with Crippen molar-refractivity contribution < 1.29 is 13.2 Å². The van der Waals surface area contributed by atoms with Gasteiger partial charge in [0.2, 0.25) is 5.91 Å². The van der Waals surface area contributed by atoms with Crippen LogP contribution in [0.1, 0.15) is 5.69 Å². The molecule has 0 aliphatic carbocycles. The Balaban J connectivity index is 2.10. The highest BCUT2D eigenvalue weighted by Gasteiger charge is 2.18. The highest BCUT2D eigenvalue weighted by molar-refractivity contribution is 7.90. The smallest absolute Gasteiger partial charge is 0.241 e. The van der Waals surface area contributed by atoms with Gasteiger partial charge in [-0.05, 0) is 24.6 Å². The molecule has 1 aromatic carbocycles. The van der Waals surface area contributed by atoms with E-state index in [1.165, 1.54) is 17.6 Å². The number of aromatic nitrogens is 3. The number of nitrogens with zero attached hydrogens (tertiary/aromatic N) is 3. The first-order valence-electron chi connectivity index (χ1n) is 7.45. The topological polar surface area (TPSA) is 94.0 Å². The number of alkyl halides is 1. The predicted octanol–water partition coefficient (Wildman–Crippen LogP) is 2.89. The monoisotopic (exact) mass is 410 g/mol. The number of sulfone groups is 1. The molecule has 0 aliphatic heterocycles. The lowest BCUT2D eigenvalue weighted by molar-refractivity contribution is -0.113. The molecule has 0 spiro atoms. The highest BCUT2D eigenvalue weighted by atomic mass is 35.5. The van der Waals surface area contributed by atoms with Crippen LogP contribution in [0.15, 0.2) is 41.8 Å². The predicted molar refractivity (Wildman–Crippen MR) is 102 cm³/mol. The molecular weight excluding hydrogens is 396 g/mol. The maximum Gasteiger partial charge on any atom is 0.241 e. The highest BCUT2D eigenvalue weighted by Crippen LogP contribution is 2.35. The SMILES string of the molecule is Cc1nc(NC(=O)CCl)sc1-c1ccc(S(C)(=O)=O)c(-n2ccnc2)c1. The van der Waals surface area contributed by atoms with Crippen molar-refractivity contribution in [3.05, 3.63) is 42.6 Å². The van der Waals surface area contributed by atoms with Gasteiger partial charge in [-0.25, -0.2) is 18.4 Å². The van der Waals surface area contributed by atoms with Crippen LogP contribution >= 0.6 is 22.9 Å². The Labute approximate surface area is 159 Å². The van der Waals surface area contributed by atoms with E-state index < -0.39 is 9.84 Å². The van der Waals surface area contributed by atoms with E-state index in [1.54, 1.807) is 41.5 Å². The Morgan fingerprint density at radius 3 is 2.77 bits per heavy atom. The zero-order valence-electron chi connectivity index (χ0n) is 13.9. The number of benzene rings is 1. The molecule has 0 aliphatic rings. The largest absolute Gasteiger partial charge is 0.305 e. The van der Waals surface area contributed by atoms with Crippen LogP contribution < -0.4 is 5.32 Å². The van der Waals surface area contributed by atoms with E-state index in [0.29, 0.717) is 10.8 Å². The fourth-order valence-corrected chi connectivity index (χ4v) is 4.35. The molecule has 1 amide bonds. The number of rotatable bonds is 5. The number of halogens is 1. The number of carbonyl (C=O) groups excluding carboxylic acids is 1. The van der Waals surface area contributed by atoms with Gasteiger partial charge in [0.05, 0.1) is 27.5 Å². The molecule has 2 aromatic heterocycles. The Morgan fingerprint density at radius 2 is 2.15 bits per heavy atom. The third-order valence-electron chi connectivity index (χ3n) is 3.57. The molecule has 136 valence electrons. The van der Waals surface area contributed by atoms with Crippen LogP contribution in [0.5, 0.6) is 0 Å². The van der Waals surface area contributed by atoms with Crippen molar-refractivity contribution in [3.63, 3.8) is 0 Å².